The van der Waals surface area contributed by atoms with E-state index in [1.54, 1.807) is 0 Å². The Morgan fingerprint density at radius 3 is 2.26 bits per heavy atom. The number of fused-ring (bicyclic) bond motifs is 1. The van der Waals surface area contributed by atoms with E-state index in [0.29, 0.717) is 23.4 Å². The highest BCUT2D eigenvalue weighted by Crippen LogP contribution is 2.59. The molecule has 3 nitrogen and oxygen atoms in total. The first-order chi connectivity index (χ1) is 15.7. The van der Waals surface area contributed by atoms with Gasteiger partial charge < -0.3 is 13.9 Å². The van der Waals surface area contributed by atoms with Crippen LogP contribution >= 0.6 is 0 Å². The van der Waals surface area contributed by atoms with Gasteiger partial charge in [0, 0.05) is 18.6 Å². The average molecular weight is 493 g/mol. The largest absolute Gasteiger partial charge is 0.414 e. The minimum atomic E-state index is -1.74. The molecule has 3 aliphatic rings. The molecule has 34 heavy (non-hydrogen) atoms. The van der Waals surface area contributed by atoms with Gasteiger partial charge >= 0.3 is 0 Å². The van der Waals surface area contributed by atoms with Gasteiger partial charge in [0.05, 0.1) is 5.60 Å². The van der Waals surface area contributed by atoms with Gasteiger partial charge in [-0.15, -0.1) is 0 Å². The summed E-state index contributed by atoms with van der Waals surface area (Å²) in [5, 5.41) is 0.280. The fourth-order valence-corrected chi connectivity index (χ4v) is 8.07. The van der Waals surface area contributed by atoms with Crippen molar-refractivity contribution in [2.75, 3.05) is 6.61 Å². The predicted molar refractivity (Wildman–Crippen MR) is 146 cm³/mol. The fraction of sp³-hybridized carbons (Fsp3) is 0.933. The van der Waals surface area contributed by atoms with Crippen molar-refractivity contribution < 1.29 is 13.9 Å². The normalized spacial score (nSPS) is 35.4. The van der Waals surface area contributed by atoms with Crippen LogP contribution in [0.2, 0.25) is 18.1 Å². The van der Waals surface area contributed by atoms with Crippen molar-refractivity contribution in [2.24, 2.45) is 29.1 Å². The van der Waals surface area contributed by atoms with Crippen LogP contribution in [-0.2, 0) is 13.9 Å². The van der Waals surface area contributed by atoms with Gasteiger partial charge in [-0.25, -0.2) is 0 Å². The van der Waals surface area contributed by atoms with E-state index < -0.39 is 8.32 Å². The smallest absolute Gasteiger partial charge is 0.192 e. The van der Waals surface area contributed by atoms with Crippen LogP contribution in [0, 0.1) is 29.1 Å². The standard InChI is InChI=1S/C30H56O3Si/c1-22(16-17-23(2)29(6,7)32-27-15-11-12-21-31-27)24-18-19-25-26(14-13-20-30(24,25)8)33-34(9,10)28(3,4)5/h16-17,22-27H,11-15,18-21H2,1-10H3/b17-16+/t22-,23+,24-,25+,26+,27?,30-/m1/s1. The van der Waals surface area contributed by atoms with E-state index in [1.807, 2.05) is 0 Å². The second kappa shape index (κ2) is 10.7. The average Bonchev–Trinajstić information content (AvgIpc) is 3.09. The zero-order chi connectivity index (χ0) is 25.4. The molecule has 0 radical (unpaired) electrons. The van der Waals surface area contributed by atoms with E-state index in [2.05, 4.69) is 80.6 Å². The Kier molecular flexibility index (Phi) is 8.92. The first kappa shape index (κ1) is 28.4. The minimum Gasteiger partial charge on any atom is -0.414 e. The van der Waals surface area contributed by atoms with Crippen LogP contribution in [0.15, 0.2) is 12.2 Å². The fourth-order valence-electron chi connectivity index (χ4n) is 6.68. The highest BCUT2D eigenvalue weighted by molar-refractivity contribution is 6.74. The van der Waals surface area contributed by atoms with Crippen molar-refractivity contribution in [1.29, 1.82) is 0 Å². The quantitative estimate of drug-likeness (QED) is 0.250. The van der Waals surface area contributed by atoms with E-state index >= 15 is 0 Å². The summed E-state index contributed by atoms with van der Waals surface area (Å²) in [5.74, 6) is 2.41. The minimum absolute atomic E-state index is 0.0356. The lowest BCUT2D eigenvalue weighted by molar-refractivity contribution is -0.223. The molecule has 1 saturated heterocycles. The molecule has 3 fully saturated rings. The van der Waals surface area contributed by atoms with E-state index in [-0.39, 0.29) is 16.9 Å². The number of ether oxygens (including phenoxy) is 2. The third-order valence-electron chi connectivity index (χ3n) is 10.4. The van der Waals surface area contributed by atoms with Crippen LogP contribution in [-0.4, -0.2) is 32.9 Å². The summed E-state index contributed by atoms with van der Waals surface area (Å²) in [6.45, 7) is 24.6. The van der Waals surface area contributed by atoms with Crippen LogP contribution in [0.25, 0.3) is 0 Å². The molecule has 0 spiro atoms. The van der Waals surface area contributed by atoms with Gasteiger partial charge in [0.15, 0.2) is 14.6 Å². The summed E-state index contributed by atoms with van der Waals surface area (Å²) in [4.78, 5) is 0. The SMILES string of the molecule is C[C@H](/C=C/[C@H](C)C(C)(C)OC1CCCCO1)[C@H]1CC[C@H]2[C@@H](O[Si](C)(C)C(C)(C)C)CCC[C@]12C. The molecule has 1 heterocycles. The topological polar surface area (TPSA) is 27.7 Å². The van der Waals surface area contributed by atoms with Gasteiger partial charge in [0.25, 0.3) is 0 Å². The lowest BCUT2D eigenvalue weighted by atomic mass is 9.62. The molecule has 0 bridgehead atoms. The van der Waals surface area contributed by atoms with Gasteiger partial charge in [0.2, 0.25) is 0 Å². The molecule has 0 aromatic carbocycles. The second-order valence-electron chi connectivity index (χ2n) is 14.2. The predicted octanol–water partition coefficient (Wildman–Crippen LogP) is 8.74. The lowest BCUT2D eigenvalue weighted by Gasteiger charge is -2.49. The lowest BCUT2D eigenvalue weighted by Crippen LogP contribution is -2.50. The van der Waals surface area contributed by atoms with E-state index in [0.717, 1.165) is 31.3 Å². The van der Waals surface area contributed by atoms with Gasteiger partial charge in [0.1, 0.15) is 0 Å². The monoisotopic (exact) mass is 492 g/mol. The van der Waals surface area contributed by atoms with Crippen LogP contribution in [0.3, 0.4) is 0 Å². The second-order valence-corrected chi connectivity index (χ2v) is 18.9. The number of hydrogen-bond donors (Lipinski definition) is 0. The Bertz CT molecular complexity index is 688. The Hall–Kier alpha value is -0.163. The van der Waals surface area contributed by atoms with Crippen molar-refractivity contribution in [2.45, 2.75) is 143 Å². The molecule has 1 aliphatic heterocycles. The summed E-state index contributed by atoms with van der Waals surface area (Å²) < 4.78 is 19.3. The molecule has 3 rings (SSSR count). The zero-order valence-electron chi connectivity index (χ0n) is 24.2. The molecule has 7 atom stereocenters. The summed E-state index contributed by atoms with van der Waals surface area (Å²) in [7, 11) is -1.74. The Morgan fingerprint density at radius 2 is 1.65 bits per heavy atom. The number of rotatable bonds is 8. The maximum atomic E-state index is 7.06. The Morgan fingerprint density at radius 1 is 0.941 bits per heavy atom. The Labute approximate surface area is 212 Å². The van der Waals surface area contributed by atoms with Crippen molar-refractivity contribution in [1.82, 2.24) is 0 Å². The van der Waals surface area contributed by atoms with E-state index in [4.69, 9.17) is 13.9 Å². The van der Waals surface area contributed by atoms with Crippen molar-refractivity contribution in [3.05, 3.63) is 12.2 Å². The van der Waals surface area contributed by atoms with Gasteiger partial charge in [-0.05, 0) is 100 Å². The molecule has 198 valence electrons. The number of hydrogen-bond acceptors (Lipinski definition) is 3. The zero-order valence-corrected chi connectivity index (χ0v) is 25.2. The molecular formula is C30H56O3Si. The first-order valence-electron chi connectivity index (χ1n) is 14.3. The van der Waals surface area contributed by atoms with Gasteiger partial charge in [-0.3, -0.25) is 0 Å². The molecule has 2 saturated carbocycles. The molecule has 0 amide bonds. The van der Waals surface area contributed by atoms with Crippen LogP contribution < -0.4 is 0 Å². The van der Waals surface area contributed by atoms with Crippen LogP contribution in [0.1, 0.15) is 107 Å². The summed E-state index contributed by atoms with van der Waals surface area (Å²) in [5.41, 5.74) is 0.188. The van der Waals surface area contributed by atoms with E-state index in [9.17, 15) is 0 Å². The molecule has 1 unspecified atom stereocenters. The van der Waals surface area contributed by atoms with E-state index in [1.165, 1.54) is 38.5 Å². The third-order valence-corrected chi connectivity index (χ3v) is 14.9. The summed E-state index contributed by atoms with van der Waals surface area (Å²) >= 11 is 0. The van der Waals surface area contributed by atoms with Gasteiger partial charge in [-0.2, -0.15) is 0 Å². The van der Waals surface area contributed by atoms with Crippen LogP contribution in [0.4, 0.5) is 0 Å². The maximum absolute atomic E-state index is 7.06. The molecule has 0 aromatic heterocycles. The van der Waals surface area contributed by atoms with Gasteiger partial charge in [-0.1, -0.05) is 60.1 Å². The highest BCUT2D eigenvalue weighted by Gasteiger charge is 2.54. The van der Waals surface area contributed by atoms with Crippen LogP contribution in [0.5, 0.6) is 0 Å². The van der Waals surface area contributed by atoms with Crippen molar-refractivity contribution >= 4 is 8.32 Å². The summed E-state index contributed by atoms with van der Waals surface area (Å²) in [6.07, 6.45) is 15.4. The van der Waals surface area contributed by atoms with Crippen molar-refractivity contribution in [3.63, 3.8) is 0 Å². The summed E-state index contributed by atoms with van der Waals surface area (Å²) in [6, 6.07) is 0. The first-order valence-corrected chi connectivity index (χ1v) is 17.2. The maximum Gasteiger partial charge on any atom is 0.192 e. The Balaban J connectivity index is 1.64. The van der Waals surface area contributed by atoms with Crippen molar-refractivity contribution in [3.8, 4) is 0 Å². The molecule has 2 aliphatic carbocycles. The molecular weight excluding hydrogens is 436 g/mol. The highest BCUT2D eigenvalue weighted by atomic mass is 28.4. The molecule has 0 N–H and O–H groups in total. The molecule has 4 heteroatoms. The molecule has 0 aromatic rings. The third kappa shape index (κ3) is 6.21. The number of allylic oxidation sites excluding steroid dienone is 1.